The van der Waals surface area contributed by atoms with E-state index in [0.717, 1.165) is 38.6 Å². The predicted octanol–water partition coefficient (Wildman–Crippen LogP) is 5.75. The number of halogens is 1. The zero-order valence-corrected chi connectivity index (χ0v) is 19.3. The summed E-state index contributed by atoms with van der Waals surface area (Å²) >= 11 is 2.27. The minimum absolute atomic E-state index is 0.00329. The highest BCUT2D eigenvalue weighted by molar-refractivity contribution is 14.1. The second kappa shape index (κ2) is 10.3. The van der Waals surface area contributed by atoms with Gasteiger partial charge >= 0.3 is 6.09 Å². The topological polar surface area (TPSA) is 59.0 Å². The molecule has 6 heteroatoms. The molecule has 2 aromatic rings. The van der Waals surface area contributed by atoms with Crippen LogP contribution in [0.5, 0.6) is 5.75 Å². The molecule has 1 amide bonds. The first-order chi connectivity index (χ1) is 13.3. The van der Waals surface area contributed by atoms with Gasteiger partial charge in [0, 0.05) is 33.6 Å². The van der Waals surface area contributed by atoms with Gasteiger partial charge in [0.2, 0.25) is 0 Å². The van der Waals surface area contributed by atoms with Crippen LogP contribution in [-0.4, -0.2) is 36.6 Å². The Hall–Kier alpha value is -1.54. The minimum atomic E-state index is -0.600. The maximum atomic E-state index is 12.9. The quantitative estimate of drug-likeness (QED) is 0.372. The fraction of sp³-hybridized carbons (Fsp3) is 0.500. The molecule has 0 aromatic heterocycles. The lowest BCUT2D eigenvalue weighted by atomic mass is 10.1. The van der Waals surface area contributed by atoms with E-state index in [1.165, 1.54) is 0 Å². The normalized spacial score (nSPS) is 11.5. The van der Waals surface area contributed by atoms with E-state index in [1.54, 1.807) is 4.90 Å². The zero-order valence-electron chi connectivity index (χ0n) is 17.1. The highest BCUT2D eigenvalue weighted by Crippen LogP contribution is 2.38. The number of carbonyl (C=O) groups excluding carboxylic acids is 1. The number of carbonyl (C=O) groups is 1. The maximum Gasteiger partial charge on any atom is 0.414 e. The van der Waals surface area contributed by atoms with Gasteiger partial charge in [-0.2, -0.15) is 0 Å². The number of hydrogen-bond donors (Lipinski definition) is 1. The Labute approximate surface area is 181 Å². The smallest absolute Gasteiger partial charge is 0.414 e. The molecule has 0 heterocycles. The zero-order chi connectivity index (χ0) is 20.7. The number of benzene rings is 2. The number of rotatable bonds is 8. The van der Waals surface area contributed by atoms with E-state index in [2.05, 4.69) is 29.5 Å². The summed E-state index contributed by atoms with van der Waals surface area (Å²) in [6, 6.07) is 9.96. The van der Waals surface area contributed by atoms with Gasteiger partial charge in [-0.25, -0.2) is 4.79 Å². The van der Waals surface area contributed by atoms with Gasteiger partial charge in [-0.1, -0.05) is 37.6 Å². The summed E-state index contributed by atoms with van der Waals surface area (Å²) in [5.41, 5.74) is 0.144. The number of fused-ring (bicyclic) bond motifs is 1. The summed E-state index contributed by atoms with van der Waals surface area (Å²) in [6.45, 7) is 8.67. The third-order valence-corrected chi connectivity index (χ3v) is 5.26. The van der Waals surface area contributed by atoms with Gasteiger partial charge < -0.3 is 14.6 Å². The molecule has 0 atom stereocenters. The fourth-order valence-electron chi connectivity index (χ4n) is 2.79. The second-order valence-electron chi connectivity index (χ2n) is 7.66. The average Bonchev–Trinajstić information content (AvgIpc) is 2.63. The van der Waals surface area contributed by atoms with Crippen molar-refractivity contribution in [1.29, 1.82) is 0 Å². The number of unbranched alkanes of at least 4 members (excludes halogenated alkanes) is 1. The number of ether oxygens (including phenoxy) is 2. The van der Waals surface area contributed by atoms with Crippen molar-refractivity contribution in [2.45, 2.75) is 52.6 Å². The van der Waals surface area contributed by atoms with Gasteiger partial charge in [-0.15, -0.1) is 0 Å². The van der Waals surface area contributed by atoms with Crippen molar-refractivity contribution in [2.75, 3.05) is 24.7 Å². The van der Waals surface area contributed by atoms with Crippen LogP contribution in [0.25, 0.3) is 10.8 Å². The highest BCUT2D eigenvalue weighted by atomic mass is 127. The van der Waals surface area contributed by atoms with E-state index >= 15 is 0 Å². The molecule has 0 aliphatic rings. The number of hydrogen-bond acceptors (Lipinski definition) is 4. The van der Waals surface area contributed by atoms with Crippen LogP contribution < -0.4 is 9.64 Å². The first kappa shape index (κ1) is 22.7. The van der Waals surface area contributed by atoms with Gasteiger partial charge in [0.05, 0.1) is 12.3 Å². The molecule has 0 aliphatic carbocycles. The first-order valence-corrected chi connectivity index (χ1v) is 10.8. The van der Waals surface area contributed by atoms with Crippen molar-refractivity contribution in [3.8, 4) is 5.75 Å². The number of nitrogens with zero attached hydrogens (tertiary/aromatic N) is 1. The van der Waals surface area contributed by atoms with Gasteiger partial charge in [-0.05, 0) is 56.2 Å². The van der Waals surface area contributed by atoms with Crippen molar-refractivity contribution in [2.24, 2.45) is 0 Å². The summed E-state index contributed by atoms with van der Waals surface area (Å²) in [4.78, 5) is 14.5. The lowest BCUT2D eigenvalue weighted by Gasteiger charge is -2.29. The molecule has 0 spiro atoms. The number of aliphatic hydroxyl groups excluding tert-OH is 1. The number of aliphatic hydroxyl groups is 1. The Morgan fingerprint density at radius 1 is 1.18 bits per heavy atom. The average molecular weight is 499 g/mol. The van der Waals surface area contributed by atoms with Crippen LogP contribution in [0.2, 0.25) is 0 Å². The van der Waals surface area contributed by atoms with Gasteiger partial charge in [0.15, 0.2) is 0 Å². The van der Waals surface area contributed by atoms with E-state index in [-0.39, 0.29) is 6.61 Å². The summed E-state index contributed by atoms with van der Waals surface area (Å²) in [7, 11) is 0. The summed E-state index contributed by atoms with van der Waals surface area (Å²) in [6.07, 6.45) is 2.06. The summed E-state index contributed by atoms with van der Waals surface area (Å²) in [5, 5.41) is 11.4. The van der Waals surface area contributed by atoms with Crippen molar-refractivity contribution < 1.29 is 19.4 Å². The van der Waals surface area contributed by atoms with E-state index in [1.807, 2.05) is 51.1 Å². The predicted molar refractivity (Wildman–Crippen MR) is 122 cm³/mol. The Balaban J connectivity index is 2.53. The van der Waals surface area contributed by atoms with E-state index in [9.17, 15) is 9.90 Å². The van der Waals surface area contributed by atoms with Gasteiger partial charge in [0.25, 0.3) is 0 Å². The summed E-state index contributed by atoms with van der Waals surface area (Å²) in [5.74, 6) is 0.761. The first-order valence-electron chi connectivity index (χ1n) is 9.74. The Morgan fingerprint density at radius 3 is 2.46 bits per heavy atom. The van der Waals surface area contributed by atoms with Crippen molar-refractivity contribution >= 4 is 45.1 Å². The van der Waals surface area contributed by atoms with Crippen LogP contribution in [-0.2, 0) is 4.74 Å². The third kappa shape index (κ3) is 5.98. The third-order valence-electron chi connectivity index (χ3n) is 4.12. The molecule has 0 saturated heterocycles. The Kier molecular flexibility index (Phi) is 8.37. The number of amides is 1. The van der Waals surface area contributed by atoms with Crippen molar-refractivity contribution in [3.05, 3.63) is 33.9 Å². The van der Waals surface area contributed by atoms with E-state index < -0.39 is 11.7 Å². The SMILES string of the molecule is CCCCOc1cc(N(CCCO)C(=O)OC(C)(C)C)c(I)c2ccccc12. The highest BCUT2D eigenvalue weighted by Gasteiger charge is 2.26. The molecular formula is C22H30INO4. The molecule has 28 heavy (non-hydrogen) atoms. The molecule has 1 N–H and O–H groups in total. The van der Waals surface area contributed by atoms with Crippen LogP contribution in [0.15, 0.2) is 30.3 Å². The van der Waals surface area contributed by atoms with Crippen molar-refractivity contribution in [1.82, 2.24) is 0 Å². The molecule has 0 saturated carbocycles. The molecule has 0 fully saturated rings. The van der Waals surface area contributed by atoms with Crippen LogP contribution >= 0.6 is 22.6 Å². The molecule has 5 nitrogen and oxygen atoms in total. The van der Waals surface area contributed by atoms with Gasteiger partial charge in [0.1, 0.15) is 11.4 Å². The Morgan fingerprint density at radius 2 is 1.86 bits per heavy atom. The van der Waals surface area contributed by atoms with Crippen LogP contribution in [0.3, 0.4) is 0 Å². The monoisotopic (exact) mass is 499 g/mol. The van der Waals surface area contributed by atoms with Crippen LogP contribution in [0, 0.1) is 3.57 Å². The van der Waals surface area contributed by atoms with E-state index in [0.29, 0.717) is 19.6 Å². The summed E-state index contributed by atoms with van der Waals surface area (Å²) < 4.78 is 12.6. The fourth-order valence-corrected chi connectivity index (χ4v) is 3.71. The standard InChI is InChI=1S/C22H30INO4/c1-5-6-14-27-19-15-18(20(23)17-11-8-7-10-16(17)19)24(12-9-13-25)21(26)28-22(2,3)4/h7-8,10-11,15,25H,5-6,9,12-14H2,1-4H3. The Bertz CT molecular complexity index is 801. The lowest BCUT2D eigenvalue weighted by Crippen LogP contribution is -2.38. The second-order valence-corrected chi connectivity index (χ2v) is 8.74. The number of anilines is 1. The molecule has 154 valence electrons. The molecule has 0 aliphatic heterocycles. The molecule has 0 radical (unpaired) electrons. The molecular weight excluding hydrogens is 469 g/mol. The van der Waals surface area contributed by atoms with Gasteiger partial charge in [-0.3, -0.25) is 4.90 Å². The minimum Gasteiger partial charge on any atom is -0.493 e. The van der Waals surface area contributed by atoms with Crippen LogP contribution in [0.4, 0.5) is 10.5 Å². The molecule has 0 bridgehead atoms. The largest absolute Gasteiger partial charge is 0.493 e. The van der Waals surface area contributed by atoms with Crippen LogP contribution in [0.1, 0.15) is 47.0 Å². The van der Waals surface area contributed by atoms with Crippen molar-refractivity contribution in [3.63, 3.8) is 0 Å². The van der Waals surface area contributed by atoms with E-state index in [4.69, 9.17) is 9.47 Å². The maximum absolute atomic E-state index is 12.9. The molecule has 2 aromatic carbocycles. The molecule has 0 unspecified atom stereocenters. The lowest BCUT2D eigenvalue weighted by molar-refractivity contribution is 0.0578. The molecule has 2 rings (SSSR count).